The van der Waals surface area contributed by atoms with Gasteiger partial charge in [0.05, 0.1) is 18.3 Å². The second kappa shape index (κ2) is 7.87. The Morgan fingerprint density at radius 1 is 1.09 bits per heavy atom. The summed E-state index contributed by atoms with van der Waals surface area (Å²) in [6.45, 7) is 7.00. The van der Waals surface area contributed by atoms with Crippen LogP contribution in [0.4, 0.5) is 13.2 Å². The van der Waals surface area contributed by atoms with Gasteiger partial charge in [0.1, 0.15) is 0 Å². The van der Waals surface area contributed by atoms with Gasteiger partial charge in [0.15, 0.2) is 5.78 Å². The zero-order chi connectivity index (χ0) is 22.8. The molecule has 3 unspecified atom stereocenters. The predicted molar refractivity (Wildman–Crippen MR) is 117 cm³/mol. The fourth-order valence-electron chi connectivity index (χ4n) is 8.99. The van der Waals surface area contributed by atoms with Gasteiger partial charge in [0.2, 0.25) is 0 Å². The van der Waals surface area contributed by atoms with Crippen molar-refractivity contribution in [2.75, 3.05) is 0 Å². The summed E-state index contributed by atoms with van der Waals surface area (Å²) in [7, 11) is 0. The molecule has 0 aromatic carbocycles. The summed E-state index contributed by atoms with van der Waals surface area (Å²) in [6, 6.07) is 0. The van der Waals surface area contributed by atoms with E-state index in [0.29, 0.717) is 11.8 Å². The fraction of sp³-hybridized carbons (Fsp3) is 0.846. The second-order valence-corrected chi connectivity index (χ2v) is 12.0. The van der Waals surface area contributed by atoms with Crippen molar-refractivity contribution in [3.8, 4) is 0 Å². The Labute approximate surface area is 189 Å². The molecule has 0 spiro atoms. The lowest BCUT2D eigenvalue weighted by Crippen LogP contribution is -2.50. The zero-order valence-corrected chi connectivity index (χ0v) is 19.6. The van der Waals surface area contributed by atoms with E-state index in [1.165, 1.54) is 43.2 Å². The summed E-state index contributed by atoms with van der Waals surface area (Å²) in [5.74, 6) is 5.26. The van der Waals surface area contributed by atoms with E-state index in [1.807, 2.05) is 0 Å². The molecule has 0 radical (unpaired) electrons. The Morgan fingerprint density at radius 3 is 2.56 bits per heavy atom. The van der Waals surface area contributed by atoms with Gasteiger partial charge in [0, 0.05) is 12.1 Å². The molecule has 4 aliphatic carbocycles. The van der Waals surface area contributed by atoms with Crippen LogP contribution < -0.4 is 0 Å². The summed E-state index contributed by atoms with van der Waals surface area (Å²) >= 11 is 0. The van der Waals surface area contributed by atoms with Crippen molar-refractivity contribution in [3.05, 3.63) is 18.0 Å². The van der Waals surface area contributed by atoms with Gasteiger partial charge in [-0.3, -0.25) is 9.48 Å². The molecule has 0 amide bonds. The number of hydrogen-bond donors (Lipinski definition) is 0. The van der Waals surface area contributed by atoms with E-state index < -0.39 is 11.7 Å². The molecule has 1 heterocycles. The number of aromatic nitrogens is 2. The van der Waals surface area contributed by atoms with Crippen LogP contribution in [0.3, 0.4) is 0 Å². The monoisotopic (exact) mass is 450 g/mol. The number of ketones is 1. The minimum Gasteiger partial charge on any atom is -0.297 e. The molecule has 3 nitrogen and oxygen atoms in total. The smallest absolute Gasteiger partial charge is 0.297 e. The standard InChI is InChI=1S/C26H37F3N2O/c1-15-4-6-19-17(10-15)5-7-21-20(19)8-9-25(3)22(11-16(2)24(21)25)23(32)14-31-13-18(12-30-31)26(27,28)29/h12-13,15-17,19-22,24H,4-11,14H2,1-3H3/t15-,16?,17+,19-,20?,21+,22+,24?,25+/m0/s1. The van der Waals surface area contributed by atoms with Gasteiger partial charge in [0.25, 0.3) is 0 Å². The molecule has 0 N–H and O–H groups in total. The van der Waals surface area contributed by atoms with E-state index >= 15 is 0 Å². The first kappa shape index (κ1) is 22.5. The highest BCUT2D eigenvalue weighted by molar-refractivity contribution is 5.82. The summed E-state index contributed by atoms with van der Waals surface area (Å²) in [4.78, 5) is 13.4. The predicted octanol–water partition coefficient (Wildman–Crippen LogP) is 6.62. The SMILES string of the molecule is CC1C[C@H](C(=O)Cn2cc(C(F)(F)F)cn2)[C@@]2(C)CCC3[C@@H](CC[C@@H]4C[C@@H](C)CC[C@H]34)C12. The van der Waals surface area contributed by atoms with Crippen molar-refractivity contribution in [3.63, 3.8) is 0 Å². The van der Waals surface area contributed by atoms with E-state index in [1.54, 1.807) is 0 Å². The molecule has 0 aliphatic heterocycles. The van der Waals surface area contributed by atoms with Gasteiger partial charge in [-0.05, 0) is 91.8 Å². The minimum atomic E-state index is -4.42. The Hall–Kier alpha value is -1.33. The summed E-state index contributed by atoms with van der Waals surface area (Å²) in [5, 5.41) is 3.83. The van der Waals surface area contributed by atoms with E-state index in [-0.39, 0.29) is 23.7 Å². The molecule has 4 fully saturated rings. The van der Waals surface area contributed by atoms with Crippen LogP contribution in [0, 0.1) is 52.8 Å². The number of fused-ring (bicyclic) bond motifs is 5. The van der Waals surface area contributed by atoms with Crippen LogP contribution in [0.15, 0.2) is 12.4 Å². The highest BCUT2D eigenvalue weighted by Gasteiger charge is 2.60. The maximum absolute atomic E-state index is 13.4. The Morgan fingerprint density at radius 2 is 1.84 bits per heavy atom. The van der Waals surface area contributed by atoms with Gasteiger partial charge >= 0.3 is 6.18 Å². The van der Waals surface area contributed by atoms with E-state index in [9.17, 15) is 18.0 Å². The first-order valence-electron chi connectivity index (χ1n) is 12.7. The first-order chi connectivity index (χ1) is 15.1. The van der Waals surface area contributed by atoms with Crippen molar-refractivity contribution < 1.29 is 18.0 Å². The Bertz CT molecular complexity index is 863. The molecule has 5 rings (SSSR count). The molecule has 1 aromatic rings. The number of rotatable bonds is 3. The Kier molecular flexibility index (Phi) is 5.52. The van der Waals surface area contributed by atoms with E-state index in [2.05, 4.69) is 25.9 Å². The van der Waals surface area contributed by atoms with Crippen molar-refractivity contribution >= 4 is 5.78 Å². The maximum Gasteiger partial charge on any atom is 0.419 e. The number of Topliss-reactive ketones (excluding diaryl/α,β-unsaturated/α-hetero) is 1. The van der Waals surface area contributed by atoms with Crippen LogP contribution in [0.2, 0.25) is 0 Å². The lowest BCUT2D eigenvalue weighted by molar-refractivity contribution is -0.138. The van der Waals surface area contributed by atoms with Gasteiger partial charge in [-0.2, -0.15) is 18.3 Å². The molecular formula is C26H37F3N2O. The largest absolute Gasteiger partial charge is 0.419 e. The third-order valence-corrected chi connectivity index (χ3v) is 10.2. The fourth-order valence-corrected chi connectivity index (χ4v) is 8.99. The molecule has 178 valence electrons. The van der Waals surface area contributed by atoms with Crippen molar-refractivity contribution in [1.82, 2.24) is 9.78 Å². The average Bonchev–Trinajstić information content (AvgIpc) is 3.29. The zero-order valence-electron chi connectivity index (χ0n) is 19.6. The van der Waals surface area contributed by atoms with Crippen LogP contribution >= 0.6 is 0 Å². The molecule has 4 saturated carbocycles. The van der Waals surface area contributed by atoms with Crippen LogP contribution in [-0.4, -0.2) is 15.6 Å². The van der Waals surface area contributed by atoms with Crippen LogP contribution in [-0.2, 0) is 17.5 Å². The summed E-state index contributed by atoms with van der Waals surface area (Å²) in [5.41, 5.74) is -0.805. The van der Waals surface area contributed by atoms with Crippen LogP contribution in [0.25, 0.3) is 0 Å². The Balaban J connectivity index is 1.33. The van der Waals surface area contributed by atoms with Gasteiger partial charge in [-0.1, -0.05) is 27.2 Å². The van der Waals surface area contributed by atoms with Gasteiger partial charge in [-0.25, -0.2) is 0 Å². The molecule has 0 bridgehead atoms. The molecule has 6 heteroatoms. The molecule has 32 heavy (non-hydrogen) atoms. The number of carbonyl (C=O) groups is 1. The normalized spacial score (nSPS) is 43.9. The number of hydrogen-bond acceptors (Lipinski definition) is 2. The first-order valence-corrected chi connectivity index (χ1v) is 12.7. The third kappa shape index (κ3) is 3.64. The highest BCUT2D eigenvalue weighted by atomic mass is 19.4. The highest BCUT2D eigenvalue weighted by Crippen LogP contribution is 2.66. The minimum absolute atomic E-state index is 0.0214. The van der Waals surface area contributed by atoms with Crippen LogP contribution in [0.1, 0.15) is 77.7 Å². The average molecular weight is 451 g/mol. The van der Waals surface area contributed by atoms with Crippen LogP contribution in [0.5, 0.6) is 0 Å². The van der Waals surface area contributed by atoms with Crippen molar-refractivity contribution in [2.24, 2.45) is 52.8 Å². The molecular weight excluding hydrogens is 413 g/mol. The molecule has 0 saturated heterocycles. The van der Waals surface area contributed by atoms with E-state index in [4.69, 9.17) is 0 Å². The quantitative estimate of drug-likeness (QED) is 0.519. The second-order valence-electron chi connectivity index (χ2n) is 12.0. The van der Waals surface area contributed by atoms with Gasteiger partial charge in [-0.15, -0.1) is 0 Å². The number of nitrogens with zero attached hydrogens (tertiary/aromatic N) is 2. The molecule has 1 aromatic heterocycles. The van der Waals surface area contributed by atoms with E-state index in [0.717, 1.165) is 54.8 Å². The number of halogens is 3. The van der Waals surface area contributed by atoms with Gasteiger partial charge < -0.3 is 0 Å². The molecule has 4 aliphatic rings. The van der Waals surface area contributed by atoms with Crippen molar-refractivity contribution in [2.45, 2.75) is 84.9 Å². The lowest BCUT2D eigenvalue weighted by Gasteiger charge is -2.56. The maximum atomic E-state index is 13.4. The number of alkyl halides is 3. The summed E-state index contributed by atoms with van der Waals surface area (Å²) in [6.07, 6.45) is 7.37. The molecule has 9 atom stereocenters. The lowest BCUT2D eigenvalue weighted by atomic mass is 9.48. The topological polar surface area (TPSA) is 34.9 Å². The summed E-state index contributed by atoms with van der Waals surface area (Å²) < 4.78 is 40.0. The number of carbonyl (C=O) groups excluding carboxylic acids is 1. The third-order valence-electron chi connectivity index (χ3n) is 10.2. The van der Waals surface area contributed by atoms with Crippen molar-refractivity contribution in [1.29, 1.82) is 0 Å².